The second-order valence-corrected chi connectivity index (χ2v) is 50.0. The van der Waals surface area contributed by atoms with Crippen molar-refractivity contribution in [3.8, 4) is 0 Å². The number of methoxy groups -OCH3 is 1. The summed E-state index contributed by atoms with van der Waals surface area (Å²) < 4.78 is 15.6. The number of alkyl carbamates (subject to hydrolysis) is 1. The van der Waals surface area contributed by atoms with Gasteiger partial charge in [-0.05, 0) is 376 Å². The Labute approximate surface area is 776 Å². The van der Waals surface area contributed by atoms with E-state index in [4.69, 9.17) is 20.3 Å². The number of β-amino-alcohol motifs (C(OH)–C–C–N with tert-alkyl or cyclic N) is 1. The minimum Gasteiger partial charge on any atom is -0.453 e. The molecule has 10 fully saturated rings. The summed E-state index contributed by atoms with van der Waals surface area (Å²) >= 11 is 0. The molecule has 11 aliphatic heterocycles. The van der Waals surface area contributed by atoms with Gasteiger partial charge in [0.15, 0.2) is 0 Å². The molecule has 10 saturated heterocycles. The molecule has 11 heterocycles. The van der Waals surface area contributed by atoms with E-state index in [1.165, 1.54) is 143 Å². The number of nitrogens with two attached hydrogens (primary N) is 1. The van der Waals surface area contributed by atoms with E-state index < -0.39 is 6.09 Å². The lowest BCUT2D eigenvalue weighted by atomic mass is 9.94. The van der Waals surface area contributed by atoms with E-state index in [9.17, 15) is 15.0 Å². The zero-order valence-electron chi connectivity index (χ0n) is 90.6. The molecule has 0 bridgehead atoms. The van der Waals surface area contributed by atoms with Crippen LogP contribution in [0.5, 0.6) is 0 Å². The van der Waals surface area contributed by atoms with Gasteiger partial charge in [0.2, 0.25) is 0 Å². The van der Waals surface area contributed by atoms with Gasteiger partial charge in [0.1, 0.15) is 0 Å². The standard InChI is InChI=1S/C11H22N2O3.2C10H21NO.C10H21N.C10H19N.C10H21N.C9H20N2O.C9H20N2.C9H19NO.2C8H17N/c1-11(2,3)13-6-8(5-9(13)7-14)12-10(15)16-4;1-10(2,3)11-7-5-4-6-9(12)8-11;1-5-9-8-11(6-7-12-9)10(2,3)4;2*1-9-5-7-11(8-6-9)10(2,3)4;1-10(2,3)11-8-6-4-5-7-9-11;1-9(2,3)11-5-4-10-8(6-11)7-12;1-9(2,3)11-6-4-5-8(10)7-11;1-8-7-10(5-6-11-8)9(2,3)4;2*1-7-5-9(6-7)8(2,3)4/h8-9,14H,5-7H2,1-4H3,(H,12,15);9,12H,4-8H2,1-3H3;9H,5-8H2,1-4H3;9H,5-8H2,1-4H3;5H,6-8H2,1-4H3;4-9H2,1-3H3;8,10,12H,4-7H2,1-3H3;8H,4-7,10H2,1-3H3;8H,5-7H2,1-4H3;2*7H,5-6H2,1-4H3. The van der Waals surface area contributed by atoms with Gasteiger partial charge in [0.25, 0.3) is 0 Å². The van der Waals surface area contributed by atoms with Crippen molar-refractivity contribution in [2.75, 3.05) is 178 Å². The molecule has 21 nitrogen and oxygen atoms in total. The van der Waals surface area contributed by atoms with E-state index in [2.05, 4.69) is 345 Å². The van der Waals surface area contributed by atoms with Crippen LogP contribution in [0.15, 0.2) is 11.6 Å². The lowest BCUT2D eigenvalue weighted by Gasteiger charge is -2.46. The number of amides is 1. The molecule has 0 spiro atoms. The summed E-state index contributed by atoms with van der Waals surface area (Å²) in [4.78, 5) is 38.3. The summed E-state index contributed by atoms with van der Waals surface area (Å²) in [6, 6.07) is 0.840. The summed E-state index contributed by atoms with van der Waals surface area (Å²) in [7, 11) is 1.36. The first-order valence-corrected chi connectivity index (χ1v) is 50.5. The number of piperazine rings is 1. The number of piperidine rings is 2. The molecule has 1 amide bonds. The number of likely N-dealkylation sites (tertiary alicyclic amines) is 7. The lowest BCUT2D eigenvalue weighted by molar-refractivity contribution is -0.0588. The largest absolute Gasteiger partial charge is 0.453 e. The van der Waals surface area contributed by atoms with E-state index in [1.54, 1.807) is 5.57 Å². The number of morpholine rings is 2. The number of ether oxygens (including phenoxy) is 3. The van der Waals surface area contributed by atoms with Crippen molar-refractivity contribution < 1.29 is 34.3 Å². The van der Waals surface area contributed by atoms with Crippen LogP contribution in [0.1, 0.15) is 360 Å². The second-order valence-electron chi connectivity index (χ2n) is 50.0. The monoisotopic (exact) mass is 1780 g/mol. The maximum Gasteiger partial charge on any atom is 0.407 e. The van der Waals surface area contributed by atoms with E-state index in [0.29, 0.717) is 62.6 Å². The highest BCUT2D eigenvalue weighted by Crippen LogP contribution is 2.31. The molecule has 21 heteroatoms. The minimum absolute atomic E-state index is 0.0000535. The molecule has 125 heavy (non-hydrogen) atoms. The number of rotatable bonds is 4. The summed E-state index contributed by atoms with van der Waals surface area (Å²) in [5, 5.41) is 33.9. The van der Waals surface area contributed by atoms with Crippen LogP contribution < -0.4 is 16.4 Å². The average Bonchev–Trinajstić information content (AvgIpc) is 1.66. The molecule has 7 unspecified atom stereocenters. The second kappa shape index (κ2) is 56.0. The van der Waals surface area contributed by atoms with E-state index in [-0.39, 0.29) is 54.1 Å². The Morgan fingerprint density at radius 3 is 1.20 bits per heavy atom. The van der Waals surface area contributed by atoms with Gasteiger partial charge in [0, 0.05) is 190 Å². The Hall–Kier alpha value is -1.71. The third-order valence-electron chi connectivity index (χ3n) is 26.9. The van der Waals surface area contributed by atoms with Gasteiger partial charge in [-0.1, -0.05) is 52.2 Å². The maximum atomic E-state index is 11.1. The lowest BCUT2D eigenvalue weighted by Crippen LogP contribution is -2.57. The highest BCUT2D eigenvalue weighted by Gasteiger charge is 2.40. The molecule has 0 aromatic carbocycles. The zero-order valence-corrected chi connectivity index (χ0v) is 90.6. The molecule has 0 saturated carbocycles. The topological polar surface area (TPSA) is 191 Å². The number of nitrogens with one attached hydrogen (secondary N) is 2. The van der Waals surface area contributed by atoms with Crippen molar-refractivity contribution in [2.45, 2.75) is 463 Å². The van der Waals surface area contributed by atoms with Crippen molar-refractivity contribution in [1.29, 1.82) is 0 Å². The molecule has 0 aromatic rings. The summed E-state index contributed by atoms with van der Waals surface area (Å²) in [6.07, 6.45) is 20.1. The van der Waals surface area contributed by atoms with Crippen molar-refractivity contribution in [3.63, 3.8) is 0 Å². The SMILES string of the molecule is CC(C)(C)N1CCCC(N)C1.CC(C)(C)N1CCCCC(O)C1.CC(C)(C)N1CCCCCC1.CC(C)(C)N1CCNC(CO)C1.CC1=CCN(C(C)(C)C)CC1.CC1CCN(C(C)(C)C)CC1.CC1CN(C(C)(C)C)C1.CC1CN(C(C)(C)C)C1.CC1CN(C(C)(C)C)CCO1.CCC1CN(C(C)(C)C)CCO1.COC(=O)NC1CC(CO)N(C(C)(C)C)C1. The molecule has 0 aliphatic carbocycles. The summed E-state index contributed by atoms with van der Waals surface area (Å²) in [5.41, 5.74) is 10.7. The van der Waals surface area contributed by atoms with Crippen molar-refractivity contribution in [1.82, 2.24) is 64.5 Å². The van der Waals surface area contributed by atoms with Crippen molar-refractivity contribution in [2.24, 2.45) is 23.5 Å². The fourth-order valence-electron chi connectivity index (χ4n) is 17.4. The normalized spacial score (nSPS) is 26.0. The van der Waals surface area contributed by atoms with Crippen LogP contribution in [0.2, 0.25) is 0 Å². The highest BCUT2D eigenvalue weighted by molar-refractivity contribution is 5.67. The number of hydrogen-bond donors (Lipinski definition) is 6. The van der Waals surface area contributed by atoms with Crippen LogP contribution in [-0.2, 0) is 14.2 Å². The first kappa shape index (κ1) is 121. The van der Waals surface area contributed by atoms with Gasteiger partial charge in [-0.2, -0.15) is 0 Å². The number of aliphatic hydroxyl groups is 3. The molecule has 7 atom stereocenters. The van der Waals surface area contributed by atoms with Crippen LogP contribution in [0.25, 0.3) is 0 Å². The first-order chi connectivity index (χ1) is 57.1. The first-order valence-electron chi connectivity index (χ1n) is 50.5. The molecular formula is C104H218N14O7. The Balaban J connectivity index is 0.000000689. The number of carbonyl (C=O) groups is 1. The van der Waals surface area contributed by atoms with Crippen LogP contribution in [0.3, 0.4) is 0 Å². The predicted octanol–water partition coefficient (Wildman–Crippen LogP) is 18.0. The van der Waals surface area contributed by atoms with Gasteiger partial charge >= 0.3 is 6.09 Å². The summed E-state index contributed by atoms with van der Waals surface area (Å²) in [6.45, 7) is 115. The Morgan fingerprint density at radius 2 is 0.840 bits per heavy atom. The average molecular weight is 1780 g/mol. The van der Waals surface area contributed by atoms with Crippen LogP contribution in [0.4, 0.5) is 4.79 Å². The number of carbonyl (C=O) groups excluding carboxylic acids is 1. The molecule has 0 radical (unpaired) electrons. The Morgan fingerprint density at radius 1 is 0.432 bits per heavy atom. The fourth-order valence-corrected chi connectivity index (χ4v) is 17.4. The molecule has 746 valence electrons. The van der Waals surface area contributed by atoms with Gasteiger partial charge in [-0.25, -0.2) is 4.79 Å². The minimum atomic E-state index is -0.405. The quantitative estimate of drug-likeness (QED) is 0.146. The molecule has 11 rings (SSSR count). The third kappa shape index (κ3) is 52.1. The van der Waals surface area contributed by atoms with Gasteiger partial charge < -0.3 is 45.9 Å². The van der Waals surface area contributed by atoms with Crippen LogP contribution in [0, 0.1) is 17.8 Å². The predicted molar refractivity (Wildman–Crippen MR) is 539 cm³/mol. The smallest absolute Gasteiger partial charge is 0.407 e. The van der Waals surface area contributed by atoms with Crippen molar-refractivity contribution >= 4 is 6.09 Å². The number of aliphatic hydroxyl groups excluding tert-OH is 3. The Bertz CT molecular complexity index is 2690. The summed E-state index contributed by atoms with van der Waals surface area (Å²) in [5.74, 6) is 2.82. The van der Waals surface area contributed by atoms with Gasteiger partial charge in [-0.3, -0.25) is 53.9 Å². The number of hydrogen-bond acceptors (Lipinski definition) is 20. The molecule has 11 aliphatic rings. The van der Waals surface area contributed by atoms with Crippen LogP contribution in [-0.4, -0.2) is 356 Å². The molecule has 0 aromatic heterocycles. The van der Waals surface area contributed by atoms with E-state index in [0.717, 1.165) is 129 Å². The highest BCUT2D eigenvalue weighted by atomic mass is 16.5. The number of nitrogens with zero attached hydrogens (tertiary/aromatic N) is 11. The van der Waals surface area contributed by atoms with Crippen LogP contribution >= 0.6 is 0 Å². The fraction of sp³-hybridized carbons (Fsp3) is 0.971. The van der Waals surface area contributed by atoms with E-state index in [1.807, 2.05) is 0 Å². The molecule has 7 N–H and O–H groups in total. The molecular weight excluding hydrogens is 1560 g/mol. The van der Waals surface area contributed by atoms with Gasteiger partial charge in [-0.15, -0.1) is 0 Å². The maximum absolute atomic E-state index is 11.1. The zero-order chi connectivity index (χ0) is 96.3. The van der Waals surface area contributed by atoms with Crippen molar-refractivity contribution in [3.05, 3.63) is 11.6 Å². The third-order valence-corrected chi connectivity index (χ3v) is 26.9. The van der Waals surface area contributed by atoms with Gasteiger partial charge in [0.05, 0.1) is 51.8 Å². The van der Waals surface area contributed by atoms with E-state index >= 15 is 0 Å². The Kier molecular flexibility index (Phi) is 54.3.